The zero-order valence-electron chi connectivity index (χ0n) is 5.51. The van der Waals surface area contributed by atoms with Crippen LogP contribution in [0.4, 0.5) is 0 Å². The Labute approximate surface area is 56.0 Å². The minimum Gasteiger partial charge on any atom is -0.333 e. The van der Waals surface area contributed by atoms with Gasteiger partial charge in [0.25, 0.3) is 0 Å². The lowest BCUT2D eigenvalue weighted by Crippen LogP contribution is -2.36. The molecule has 0 unspecified atom stereocenters. The van der Waals surface area contributed by atoms with E-state index in [4.69, 9.17) is 12.2 Å². The van der Waals surface area contributed by atoms with Crippen LogP contribution in [0.5, 0.6) is 0 Å². The SMILES string of the molecule is C#CN1CCC(N)CC1. The molecule has 0 amide bonds. The molecule has 9 heavy (non-hydrogen) atoms. The van der Waals surface area contributed by atoms with Gasteiger partial charge in [-0.25, -0.2) is 0 Å². The Bertz CT molecular complexity index is 117. The molecule has 0 spiro atoms. The molecular weight excluding hydrogens is 112 g/mol. The van der Waals surface area contributed by atoms with Gasteiger partial charge in [0, 0.05) is 25.2 Å². The van der Waals surface area contributed by atoms with Gasteiger partial charge < -0.3 is 10.6 Å². The van der Waals surface area contributed by atoms with Crippen LogP contribution in [-0.4, -0.2) is 24.0 Å². The molecule has 1 aliphatic rings. The van der Waals surface area contributed by atoms with Gasteiger partial charge in [-0.1, -0.05) is 6.42 Å². The van der Waals surface area contributed by atoms with Gasteiger partial charge in [-0.05, 0) is 12.8 Å². The van der Waals surface area contributed by atoms with Gasteiger partial charge in [-0.3, -0.25) is 0 Å². The normalized spacial score (nSPS) is 21.6. The van der Waals surface area contributed by atoms with Gasteiger partial charge in [0.05, 0.1) is 0 Å². The van der Waals surface area contributed by atoms with E-state index in [1.807, 2.05) is 4.90 Å². The lowest BCUT2D eigenvalue weighted by Gasteiger charge is -2.26. The average molecular weight is 124 g/mol. The summed E-state index contributed by atoms with van der Waals surface area (Å²) in [6, 6.07) is 2.99. The van der Waals surface area contributed by atoms with Gasteiger partial charge in [-0.2, -0.15) is 0 Å². The van der Waals surface area contributed by atoms with Gasteiger partial charge in [-0.15, -0.1) is 0 Å². The summed E-state index contributed by atoms with van der Waals surface area (Å²) in [6.07, 6.45) is 7.28. The van der Waals surface area contributed by atoms with Crippen molar-refractivity contribution in [2.45, 2.75) is 18.9 Å². The first-order valence-electron chi connectivity index (χ1n) is 3.29. The third-order valence-corrected chi connectivity index (χ3v) is 1.72. The molecule has 0 aromatic carbocycles. The average Bonchev–Trinajstić information content (AvgIpc) is 1.90. The summed E-state index contributed by atoms with van der Waals surface area (Å²) >= 11 is 0. The van der Waals surface area contributed by atoms with E-state index < -0.39 is 0 Å². The fraction of sp³-hybridized carbons (Fsp3) is 0.714. The second-order valence-corrected chi connectivity index (χ2v) is 2.45. The molecule has 0 aromatic heterocycles. The second kappa shape index (κ2) is 2.75. The summed E-state index contributed by atoms with van der Waals surface area (Å²) in [5.41, 5.74) is 5.66. The van der Waals surface area contributed by atoms with E-state index >= 15 is 0 Å². The number of rotatable bonds is 0. The minimum atomic E-state index is 0.384. The molecule has 0 radical (unpaired) electrons. The van der Waals surface area contributed by atoms with Crippen molar-refractivity contribution in [1.82, 2.24) is 4.90 Å². The Morgan fingerprint density at radius 3 is 2.44 bits per heavy atom. The lowest BCUT2D eigenvalue weighted by molar-refractivity contribution is 0.300. The number of hydrogen-bond acceptors (Lipinski definition) is 2. The van der Waals surface area contributed by atoms with Crippen molar-refractivity contribution < 1.29 is 0 Å². The van der Waals surface area contributed by atoms with Crippen LogP contribution in [0.2, 0.25) is 0 Å². The molecule has 2 heteroatoms. The molecule has 1 heterocycles. The van der Waals surface area contributed by atoms with Crippen LogP contribution in [-0.2, 0) is 0 Å². The highest BCUT2D eigenvalue weighted by Gasteiger charge is 2.12. The van der Waals surface area contributed by atoms with Crippen LogP contribution in [0.1, 0.15) is 12.8 Å². The maximum atomic E-state index is 5.66. The minimum absolute atomic E-state index is 0.384. The van der Waals surface area contributed by atoms with E-state index in [0.717, 1.165) is 25.9 Å². The lowest BCUT2D eigenvalue weighted by atomic mass is 10.1. The summed E-state index contributed by atoms with van der Waals surface area (Å²) in [7, 11) is 0. The Kier molecular flexibility index (Phi) is 1.96. The van der Waals surface area contributed by atoms with Crippen LogP contribution < -0.4 is 5.73 Å². The zero-order chi connectivity index (χ0) is 6.69. The van der Waals surface area contributed by atoms with Crippen LogP contribution >= 0.6 is 0 Å². The molecule has 1 saturated heterocycles. The molecule has 2 nitrogen and oxygen atoms in total. The fourth-order valence-corrected chi connectivity index (χ4v) is 1.03. The Morgan fingerprint density at radius 1 is 1.44 bits per heavy atom. The molecule has 1 fully saturated rings. The first-order chi connectivity index (χ1) is 4.33. The van der Waals surface area contributed by atoms with Crippen molar-refractivity contribution >= 4 is 0 Å². The van der Waals surface area contributed by atoms with Crippen molar-refractivity contribution in [2.75, 3.05) is 13.1 Å². The van der Waals surface area contributed by atoms with E-state index in [1.165, 1.54) is 0 Å². The highest BCUT2D eigenvalue weighted by Crippen LogP contribution is 2.05. The first-order valence-corrected chi connectivity index (χ1v) is 3.29. The van der Waals surface area contributed by atoms with E-state index in [9.17, 15) is 0 Å². The zero-order valence-corrected chi connectivity index (χ0v) is 5.51. The smallest absolute Gasteiger partial charge is 0.0275 e. The predicted octanol–water partition coefficient (Wildman–Crippen LogP) is 0.000200. The Balaban J connectivity index is 2.28. The van der Waals surface area contributed by atoms with Crippen LogP contribution in [0.15, 0.2) is 0 Å². The van der Waals surface area contributed by atoms with E-state index in [0.29, 0.717) is 6.04 Å². The molecule has 0 bridgehead atoms. The molecule has 1 aliphatic heterocycles. The molecule has 2 N–H and O–H groups in total. The highest BCUT2D eigenvalue weighted by molar-refractivity contribution is 4.88. The molecule has 0 atom stereocenters. The maximum Gasteiger partial charge on any atom is 0.0275 e. The van der Waals surface area contributed by atoms with Gasteiger partial charge >= 0.3 is 0 Å². The maximum absolute atomic E-state index is 5.66. The predicted molar refractivity (Wildman–Crippen MR) is 37.6 cm³/mol. The first kappa shape index (κ1) is 6.44. The fourth-order valence-electron chi connectivity index (χ4n) is 1.03. The largest absolute Gasteiger partial charge is 0.333 e. The standard InChI is InChI=1S/C7H12N2/c1-2-9-5-3-7(8)4-6-9/h1,7H,3-6,8H2. The molecule has 1 rings (SSSR count). The van der Waals surface area contributed by atoms with Crippen molar-refractivity contribution in [3.8, 4) is 12.5 Å². The van der Waals surface area contributed by atoms with Gasteiger partial charge in [0.2, 0.25) is 0 Å². The van der Waals surface area contributed by atoms with Crippen LogP contribution in [0.25, 0.3) is 0 Å². The quantitative estimate of drug-likeness (QED) is 0.460. The Morgan fingerprint density at radius 2 is 2.00 bits per heavy atom. The monoisotopic (exact) mass is 124 g/mol. The molecule has 0 saturated carbocycles. The second-order valence-electron chi connectivity index (χ2n) is 2.45. The third-order valence-electron chi connectivity index (χ3n) is 1.72. The van der Waals surface area contributed by atoms with Gasteiger partial charge in [0.15, 0.2) is 0 Å². The van der Waals surface area contributed by atoms with Crippen molar-refractivity contribution in [2.24, 2.45) is 5.73 Å². The third kappa shape index (κ3) is 1.62. The molecule has 0 aromatic rings. The van der Waals surface area contributed by atoms with Crippen molar-refractivity contribution in [1.29, 1.82) is 0 Å². The molecule has 50 valence electrons. The van der Waals surface area contributed by atoms with Crippen LogP contribution in [0, 0.1) is 12.5 Å². The number of likely N-dealkylation sites (tertiary alicyclic amines) is 1. The number of nitrogens with two attached hydrogens (primary N) is 1. The Hall–Kier alpha value is -0.680. The van der Waals surface area contributed by atoms with E-state index in [-0.39, 0.29) is 0 Å². The summed E-state index contributed by atoms with van der Waals surface area (Å²) in [5.74, 6) is 0. The van der Waals surface area contributed by atoms with Crippen molar-refractivity contribution in [3.05, 3.63) is 0 Å². The summed E-state index contributed by atoms with van der Waals surface area (Å²) in [4.78, 5) is 1.98. The number of piperidine rings is 1. The number of nitrogens with zero attached hydrogens (tertiary/aromatic N) is 1. The molecular formula is C7H12N2. The van der Waals surface area contributed by atoms with E-state index in [1.54, 1.807) is 0 Å². The van der Waals surface area contributed by atoms with Crippen LogP contribution in [0.3, 0.4) is 0 Å². The summed E-state index contributed by atoms with van der Waals surface area (Å²) < 4.78 is 0. The summed E-state index contributed by atoms with van der Waals surface area (Å²) in [6.45, 7) is 1.94. The highest BCUT2D eigenvalue weighted by atomic mass is 15.1. The van der Waals surface area contributed by atoms with Gasteiger partial charge in [0.1, 0.15) is 0 Å². The van der Waals surface area contributed by atoms with Crippen molar-refractivity contribution in [3.63, 3.8) is 0 Å². The summed E-state index contributed by atoms with van der Waals surface area (Å²) in [5, 5.41) is 0. The topological polar surface area (TPSA) is 29.3 Å². The van der Waals surface area contributed by atoms with E-state index in [2.05, 4.69) is 6.04 Å². The number of hydrogen-bond donors (Lipinski definition) is 1. The molecule has 0 aliphatic carbocycles. The number of terminal acetylenes is 1.